The summed E-state index contributed by atoms with van der Waals surface area (Å²) < 4.78 is 5.89. The van der Waals surface area contributed by atoms with E-state index < -0.39 is 0 Å². The van der Waals surface area contributed by atoms with E-state index in [-0.39, 0.29) is 5.41 Å². The van der Waals surface area contributed by atoms with E-state index in [2.05, 4.69) is 29.8 Å². The topological polar surface area (TPSA) is 9.23 Å². The first-order chi connectivity index (χ1) is 8.06. The third-order valence-electron chi connectivity index (χ3n) is 3.40. The van der Waals surface area contributed by atoms with E-state index in [9.17, 15) is 0 Å². The number of hydrogen-bond acceptors (Lipinski definition) is 1. The van der Waals surface area contributed by atoms with E-state index in [4.69, 9.17) is 16.3 Å². The van der Waals surface area contributed by atoms with Crippen LogP contribution in [0.2, 0.25) is 5.02 Å². The van der Waals surface area contributed by atoms with Gasteiger partial charge in [-0.05, 0) is 37.5 Å². The highest BCUT2D eigenvalue weighted by Gasteiger charge is 2.26. The highest BCUT2D eigenvalue weighted by Crippen LogP contribution is 2.32. The summed E-state index contributed by atoms with van der Waals surface area (Å²) in [6, 6.07) is 5.87. The number of benzene rings is 1. The van der Waals surface area contributed by atoms with Crippen LogP contribution in [0.3, 0.4) is 0 Å². The first-order valence-corrected chi connectivity index (χ1v) is 7.51. The molecule has 0 aliphatic carbocycles. The fourth-order valence-electron chi connectivity index (χ4n) is 1.63. The highest BCUT2D eigenvalue weighted by atomic mass is 79.9. The van der Waals surface area contributed by atoms with Gasteiger partial charge < -0.3 is 4.74 Å². The zero-order valence-corrected chi connectivity index (χ0v) is 13.1. The van der Waals surface area contributed by atoms with Crippen molar-refractivity contribution in [3.8, 4) is 5.75 Å². The smallest absolute Gasteiger partial charge is 0.138 e. The molecule has 0 bridgehead atoms. The van der Waals surface area contributed by atoms with Crippen LogP contribution in [-0.4, -0.2) is 11.9 Å². The normalized spacial score (nSPS) is 11.6. The standard InChI is InChI=1S/C14H20BrClO/c1-4-14(5-2,9-15)10-17-13-8-11(3)6-7-12(13)16/h6-8H,4-5,9-10H2,1-3H3. The summed E-state index contributed by atoms with van der Waals surface area (Å²) >= 11 is 9.70. The average Bonchev–Trinajstić information content (AvgIpc) is 2.35. The van der Waals surface area contributed by atoms with Crippen molar-refractivity contribution in [3.05, 3.63) is 28.8 Å². The molecule has 0 aliphatic rings. The van der Waals surface area contributed by atoms with Crippen LogP contribution in [0.4, 0.5) is 0 Å². The van der Waals surface area contributed by atoms with Gasteiger partial charge in [-0.2, -0.15) is 0 Å². The van der Waals surface area contributed by atoms with Gasteiger partial charge in [0.1, 0.15) is 5.75 Å². The lowest BCUT2D eigenvalue weighted by Crippen LogP contribution is -2.29. The Morgan fingerprint density at radius 1 is 1.29 bits per heavy atom. The Morgan fingerprint density at radius 3 is 2.47 bits per heavy atom. The second-order valence-corrected chi connectivity index (χ2v) is 5.53. The molecule has 0 saturated carbocycles. The van der Waals surface area contributed by atoms with Crippen LogP contribution in [0.15, 0.2) is 18.2 Å². The molecule has 0 amide bonds. The van der Waals surface area contributed by atoms with Gasteiger partial charge in [-0.3, -0.25) is 0 Å². The largest absolute Gasteiger partial charge is 0.491 e. The van der Waals surface area contributed by atoms with Crippen LogP contribution < -0.4 is 4.74 Å². The third-order valence-corrected chi connectivity index (χ3v) is 4.91. The molecule has 17 heavy (non-hydrogen) atoms. The van der Waals surface area contributed by atoms with E-state index in [1.54, 1.807) is 0 Å². The van der Waals surface area contributed by atoms with E-state index in [0.717, 1.165) is 23.9 Å². The van der Waals surface area contributed by atoms with E-state index >= 15 is 0 Å². The van der Waals surface area contributed by atoms with Gasteiger partial charge in [0.15, 0.2) is 0 Å². The van der Waals surface area contributed by atoms with Gasteiger partial charge in [-0.1, -0.05) is 47.4 Å². The number of ether oxygens (including phenoxy) is 1. The van der Waals surface area contributed by atoms with Crippen molar-refractivity contribution in [2.45, 2.75) is 33.6 Å². The molecule has 0 aliphatic heterocycles. The van der Waals surface area contributed by atoms with Crippen molar-refractivity contribution in [2.24, 2.45) is 5.41 Å². The number of halogens is 2. The Morgan fingerprint density at radius 2 is 1.94 bits per heavy atom. The van der Waals surface area contributed by atoms with Gasteiger partial charge in [-0.15, -0.1) is 0 Å². The van der Waals surface area contributed by atoms with Crippen LogP contribution >= 0.6 is 27.5 Å². The highest BCUT2D eigenvalue weighted by molar-refractivity contribution is 9.09. The molecule has 0 radical (unpaired) electrons. The Hall–Kier alpha value is -0.210. The molecule has 0 unspecified atom stereocenters. The van der Waals surface area contributed by atoms with Crippen LogP contribution in [-0.2, 0) is 0 Å². The second kappa shape index (κ2) is 6.65. The molecule has 3 heteroatoms. The van der Waals surface area contributed by atoms with Crippen molar-refractivity contribution in [1.82, 2.24) is 0 Å². The van der Waals surface area contributed by atoms with Crippen LogP contribution in [0.5, 0.6) is 5.75 Å². The fraction of sp³-hybridized carbons (Fsp3) is 0.571. The summed E-state index contributed by atoms with van der Waals surface area (Å²) in [6.07, 6.45) is 2.19. The summed E-state index contributed by atoms with van der Waals surface area (Å²) in [7, 11) is 0. The van der Waals surface area contributed by atoms with Gasteiger partial charge in [0.25, 0.3) is 0 Å². The molecular weight excluding hydrogens is 300 g/mol. The molecule has 0 N–H and O–H groups in total. The molecule has 0 atom stereocenters. The first-order valence-electron chi connectivity index (χ1n) is 6.02. The summed E-state index contributed by atoms with van der Waals surface area (Å²) in [5, 5.41) is 1.64. The maximum absolute atomic E-state index is 6.12. The summed E-state index contributed by atoms with van der Waals surface area (Å²) in [6.45, 7) is 7.15. The van der Waals surface area contributed by atoms with E-state index in [1.807, 2.05) is 25.1 Å². The predicted octanol–water partition coefficient (Wildman–Crippen LogP) is 5.23. The molecule has 0 aromatic heterocycles. The van der Waals surface area contributed by atoms with Crippen molar-refractivity contribution >= 4 is 27.5 Å². The lowest BCUT2D eigenvalue weighted by atomic mass is 9.86. The summed E-state index contributed by atoms with van der Waals surface area (Å²) in [5.41, 5.74) is 1.37. The quantitative estimate of drug-likeness (QED) is 0.652. The zero-order valence-electron chi connectivity index (χ0n) is 10.7. The first kappa shape index (κ1) is 14.8. The Balaban J connectivity index is 2.75. The van der Waals surface area contributed by atoms with Crippen LogP contribution in [0.1, 0.15) is 32.3 Å². The zero-order chi connectivity index (χ0) is 12.9. The summed E-state index contributed by atoms with van der Waals surface area (Å²) in [4.78, 5) is 0. The van der Waals surface area contributed by atoms with Gasteiger partial charge >= 0.3 is 0 Å². The average molecular weight is 320 g/mol. The number of alkyl halides is 1. The predicted molar refractivity (Wildman–Crippen MR) is 78.5 cm³/mol. The van der Waals surface area contributed by atoms with Gasteiger partial charge in [0.05, 0.1) is 11.6 Å². The number of rotatable bonds is 6. The maximum atomic E-state index is 6.12. The molecule has 1 nitrogen and oxygen atoms in total. The van der Waals surface area contributed by atoms with Crippen molar-refractivity contribution in [1.29, 1.82) is 0 Å². The van der Waals surface area contributed by atoms with Gasteiger partial charge in [0, 0.05) is 10.7 Å². The monoisotopic (exact) mass is 318 g/mol. The molecule has 0 saturated heterocycles. The Labute approximate surface area is 118 Å². The van der Waals surface area contributed by atoms with Crippen LogP contribution in [0.25, 0.3) is 0 Å². The molecule has 0 fully saturated rings. The van der Waals surface area contributed by atoms with Crippen molar-refractivity contribution < 1.29 is 4.74 Å². The minimum atomic E-state index is 0.201. The van der Waals surface area contributed by atoms with E-state index in [1.165, 1.54) is 5.56 Å². The SMILES string of the molecule is CCC(CC)(CBr)COc1cc(C)ccc1Cl. The third kappa shape index (κ3) is 3.89. The molecule has 1 aromatic rings. The van der Waals surface area contributed by atoms with Gasteiger partial charge in [0.2, 0.25) is 0 Å². The molecule has 0 heterocycles. The van der Waals surface area contributed by atoms with Crippen molar-refractivity contribution in [3.63, 3.8) is 0 Å². The Bertz CT molecular complexity index is 353. The minimum Gasteiger partial charge on any atom is -0.491 e. The number of aryl methyl sites for hydroxylation is 1. The van der Waals surface area contributed by atoms with Gasteiger partial charge in [-0.25, -0.2) is 0 Å². The van der Waals surface area contributed by atoms with E-state index in [0.29, 0.717) is 11.6 Å². The lowest BCUT2D eigenvalue weighted by Gasteiger charge is -2.29. The lowest BCUT2D eigenvalue weighted by molar-refractivity contribution is 0.158. The minimum absolute atomic E-state index is 0.201. The molecular formula is C14H20BrClO. The Kier molecular flexibility index (Phi) is 5.81. The van der Waals surface area contributed by atoms with Crippen molar-refractivity contribution in [2.75, 3.05) is 11.9 Å². The van der Waals surface area contributed by atoms with Crippen LogP contribution in [0, 0.1) is 12.3 Å². The molecule has 1 aromatic carbocycles. The second-order valence-electron chi connectivity index (χ2n) is 4.56. The molecule has 0 spiro atoms. The fourth-order valence-corrected chi connectivity index (χ4v) is 2.76. The summed E-state index contributed by atoms with van der Waals surface area (Å²) in [5.74, 6) is 0.791. The molecule has 1 rings (SSSR count). The number of hydrogen-bond donors (Lipinski definition) is 0. The molecule has 96 valence electrons. The maximum Gasteiger partial charge on any atom is 0.138 e.